The van der Waals surface area contributed by atoms with Gasteiger partial charge < -0.3 is 25.0 Å². The molecule has 0 spiro atoms. The van der Waals surface area contributed by atoms with Gasteiger partial charge in [-0.1, -0.05) is 27.2 Å². The van der Waals surface area contributed by atoms with Gasteiger partial charge in [-0.05, 0) is 44.9 Å². The summed E-state index contributed by atoms with van der Waals surface area (Å²) in [7, 11) is 0. The number of hydrogen-bond acceptors (Lipinski definition) is 6. The maximum atomic E-state index is 13.1. The molecule has 0 saturated heterocycles. The Hall–Kier alpha value is -3.40. The van der Waals surface area contributed by atoms with Crippen molar-refractivity contribution in [1.82, 2.24) is 24.5 Å². The van der Waals surface area contributed by atoms with Gasteiger partial charge in [0.15, 0.2) is 11.3 Å². The molecule has 2 aromatic heterocycles. The predicted molar refractivity (Wildman–Crippen MR) is 136 cm³/mol. The van der Waals surface area contributed by atoms with Crippen molar-refractivity contribution >= 4 is 17.2 Å². The average Bonchev–Trinajstić information content (AvgIpc) is 3.17. The second-order valence-electron chi connectivity index (χ2n) is 8.59. The highest BCUT2D eigenvalue weighted by Gasteiger charge is 2.21. The highest BCUT2D eigenvalue weighted by atomic mass is 16.5. The number of carbonyl (C=O) groups is 1. The van der Waals surface area contributed by atoms with Crippen LogP contribution in [0.3, 0.4) is 0 Å². The number of aliphatic hydroxyl groups is 1. The number of nitrogens with zero attached hydrogens (tertiary/aromatic N) is 4. The van der Waals surface area contributed by atoms with Crippen LogP contribution in [0.15, 0.2) is 23.0 Å². The minimum Gasteiger partial charge on any atom is -0.493 e. The highest BCUT2D eigenvalue weighted by molar-refractivity contribution is 5.90. The van der Waals surface area contributed by atoms with Gasteiger partial charge in [-0.15, -0.1) is 5.10 Å². The van der Waals surface area contributed by atoms with E-state index in [0.29, 0.717) is 47.2 Å². The molecule has 3 N–H and O–H groups in total. The zero-order valence-electron chi connectivity index (χ0n) is 21.2. The second-order valence-corrected chi connectivity index (χ2v) is 8.59. The molecule has 0 aliphatic rings. The average molecular weight is 485 g/mol. The van der Waals surface area contributed by atoms with Crippen LogP contribution in [0.1, 0.15) is 64.4 Å². The normalized spacial score (nSPS) is 12.1. The third-order valence-electron chi connectivity index (χ3n) is 5.80. The van der Waals surface area contributed by atoms with Gasteiger partial charge in [0.25, 0.3) is 5.56 Å². The van der Waals surface area contributed by atoms with Gasteiger partial charge in [0.1, 0.15) is 11.6 Å². The number of urea groups is 1. The fourth-order valence-electron chi connectivity index (χ4n) is 4.18. The van der Waals surface area contributed by atoms with E-state index in [-0.39, 0.29) is 30.7 Å². The summed E-state index contributed by atoms with van der Waals surface area (Å²) in [5.41, 5.74) is 1.84. The van der Waals surface area contributed by atoms with Crippen LogP contribution in [0.25, 0.3) is 16.9 Å². The number of carbonyl (C=O) groups excluding carboxylic acids is 1. The number of anilines is 1. The Morgan fingerprint density at radius 2 is 2.03 bits per heavy atom. The van der Waals surface area contributed by atoms with Crippen molar-refractivity contribution in [3.05, 3.63) is 40.1 Å². The number of hydrogen-bond donors (Lipinski definition) is 3. The number of H-pyrrole nitrogens is 1. The van der Waals surface area contributed by atoms with E-state index in [4.69, 9.17) is 9.84 Å². The number of benzene rings is 1. The third kappa shape index (κ3) is 5.82. The first-order valence-electron chi connectivity index (χ1n) is 12.3. The molecule has 10 heteroatoms. The van der Waals surface area contributed by atoms with E-state index >= 15 is 0 Å². The Morgan fingerprint density at radius 1 is 1.26 bits per heavy atom. The van der Waals surface area contributed by atoms with Gasteiger partial charge in [-0.3, -0.25) is 4.79 Å². The number of aromatic amines is 1. The SMILES string of the molecule is CCCC(C)c1nc(C)c2c(=O)[nH]c(-c3cc(NC(=O)N(CCC)CCO)ccc3OCC)nn12. The lowest BCUT2D eigenvalue weighted by atomic mass is 10.1. The first-order chi connectivity index (χ1) is 16.8. The van der Waals surface area contributed by atoms with Crippen molar-refractivity contribution in [1.29, 1.82) is 0 Å². The van der Waals surface area contributed by atoms with Crippen molar-refractivity contribution in [3.8, 4) is 17.1 Å². The summed E-state index contributed by atoms with van der Waals surface area (Å²) in [5.74, 6) is 1.74. The molecule has 190 valence electrons. The minimum atomic E-state index is -0.311. The third-order valence-corrected chi connectivity index (χ3v) is 5.80. The van der Waals surface area contributed by atoms with Crippen LogP contribution in [0.2, 0.25) is 0 Å². The fraction of sp³-hybridized carbons (Fsp3) is 0.520. The molecule has 0 radical (unpaired) electrons. The molecule has 0 bridgehead atoms. The lowest BCUT2D eigenvalue weighted by Crippen LogP contribution is -2.37. The first-order valence-corrected chi connectivity index (χ1v) is 12.3. The second kappa shape index (κ2) is 11.8. The number of fused-ring (bicyclic) bond motifs is 1. The summed E-state index contributed by atoms with van der Waals surface area (Å²) in [6.07, 6.45) is 2.69. The molecular weight excluding hydrogens is 448 g/mol. The van der Waals surface area contributed by atoms with Crippen LogP contribution in [0.5, 0.6) is 5.75 Å². The summed E-state index contributed by atoms with van der Waals surface area (Å²) in [6, 6.07) is 4.90. The molecule has 3 rings (SSSR count). The lowest BCUT2D eigenvalue weighted by molar-refractivity contribution is 0.188. The van der Waals surface area contributed by atoms with Crippen LogP contribution in [0.4, 0.5) is 10.5 Å². The maximum Gasteiger partial charge on any atom is 0.321 e. The molecular formula is C25H36N6O4. The molecule has 2 amide bonds. The molecule has 0 aliphatic carbocycles. The number of imidazole rings is 1. The number of rotatable bonds is 11. The summed E-state index contributed by atoms with van der Waals surface area (Å²) >= 11 is 0. The Kier molecular flexibility index (Phi) is 8.86. The van der Waals surface area contributed by atoms with E-state index in [1.807, 2.05) is 20.8 Å². The number of aliphatic hydroxyl groups excluding tert-OH is 1. The zero-order chi connectivity index (χ0) is 25.5. The van der Waals surface area contributed by atoms with Gasteiger partial charge in [0.2, 0.25) is 0 Å². The molecule has 0 saturated carbocycles. The van der Waals surface area contributed by atoms with Crippen molar-refractivity contribution in [2.45, 2.75) is 59.8 Å². The topological polar surface area (TPSA) is 125 Å². The standard InChI is InChI=1S/C25H36N6O4/c1-6-9-16(4)23-26-17(5)21-24(33)28-22(29-31(21)23)19-15-18(10-11-20(19)35-8-3)27-25(34)30(12-7-2)13-14-32/h10-11,15-16,32H,6-9,12-14H2,1-5H3,(H,27,34)(H,28,29,33). The van der Waals surface area contributed by atoms with Gasteiger partial charge in [0, 0.05) is 24.7 Å². The Morgan fingerprint density at radius 3 is 2.69 bits per heavy atom. The molecule has 35 heavy (non-hydrogen) atoms. The molecule has 1 atom stereocenters. The van der Waals surface area contributed by atoms with Crippen molar-refractivity contribution in [2.24, 2.45) is 0 Å². The Balaban J connectivity index is 2.08. The Bertz CT molecular complexity index is 1210. The highest BCUT2D eigenvalue weighted by Crippen LogP contribution is 2.31. The van der Waals surface area contributed by atoms with E-state index in [2.05, 4.69) is 29.1 Å². The van der Waals surface area contributed by atoms with Crippen LogP contribution in [-0.2, 0) is 0 Å². The molecule has 0 aliphatic heterocycles. The van der Waals surface area contributed by atoms with Crippen LogP contribution >= 0.6 is 0 Å². The molecule has 3 aromatic rings. The van der Waals surface area contributed by atoms with Crippen molar-refractivity contribution in [3.63, 3.8) is 0 Å². The van der Waals surface area contributed by atoms with Crippen LogP contribution in [-0.4, -0.2) is 61.9 Å². The fourth-order valence-corrected chi connectivity index (χ4v) is 4.18. The van der Waals surface area contributed by atoms with Gasteiger partial charge >= 0.3 is 6.03 Å². The molecule has 1 unspecified atom stereocenters. The smallest absolute Gasteiger partial charge is 0.321 e. The van der Waals surface area contributed by atoms with E-state index in [9.17, 15) is 14.7 Å². The van der Waals surface area contributed by atoms with Crippen LogP contribution < -0.4 is 15.6 Å². The van der Waals surface area contributed by atoms with Gasteiger partial charge in [0.05, 0.1) is 24.5 Å². The van der Waals surface area contributed by atoms with E-state index < -0.39 is 0 Å². The van der Waals surface area contributed by atoms with Gasteiger partial charge in [-0.25, -0.2) is 14.3 Å². The monoisotopic (exact) mass is 484 g/mol. The van der Waals surface area contributed by atoms with E-state index in [1.165, 1.54) is 0 Å². The molecule has 10 nitrogen and oxygen atoms in total. The summed E-state index contributed by atoms with van der Waals surface area (Å²) in [4.78, 5) is 34.9. The van der Waals surface area contributed by atoms with Crippen molar-refractivity contribution in [2.75, 3.05) is 31.6 Å². The van der Waals surface area contributed by atoms with E-state index in [0.717, 1.165) is 25.1 Å². The van der Waals surface area contributed by atoms with E-state index in [1.54, 1.807) is 27.6 Å². The number of aryl methyl sites for hydroxylation is 1. The summed E-state index contributed by atoms with van der Waals surface area (Å²) in [6.45, 7) is 10.9. The largest absolute Gasteiger partial charge is 0.493 e. The summed E-state index contributed by atoms with van der Waals surface area (Å²) < 4.78 is 7.44. The summed E-state index contributed by atoms with van der Waals surface area (Å²) in [5, 5.41) is 16.9. The maximum absolute atomic E-state index is 13.1. The molecule has 2 heterocycles. The molecule has 1 aromatic carbocycles. The lowest BCUT2D eigenvalue weighted by Gasteiger charge is -2.22. The zero-order valence-corrected chi connectivity index (χ0v) is 21.2. The number of nitrogens with one attached hydrogen (secondary N) is 2. The van der Waals surface area contributed by atoms with Crippen LogP contribution in [0, 0.1) is 6.92 Å². The first kappa shape index (κ1) is 26.2. The van der Waals surface area contributed by atoms with Gasteiger partial charge in [-0.2, -0.15) is 0 Å². The number of ether oxygens (including phenoxy) is 1. The van der Waals surface area contributed by atoms with Crippen molar-refractivity contribution < 1.29 is 14.6 Å². The number of aromatic nitrogens is 4. The Labute approximate surface area is 205 Å². The minimum absolute atomic E-state index is 0.115. The number of amides is 2. The predicted octanol–water partition coefficient (Wildman–Crippen LogP) is 3.93. The molecule has 0 fully saturated rings. The quantitative estimate of drug-likeness (QED) is 0.379.